The molecule has 13 heavy (non-hydrogen) atoms. The summed E-state index contributed by atoms with van der Waals surface area (Å²) in [5, 5.41) is 8.93. The summed E-state index contributed by atoms with van der Waals surface area (Å²) >= 11 is 0. The summed E-state index contributed by atoms with van der Waals surface area (Å²) in [6, 6.07) is 1.99. The maximum Gasteiger partial charge on any atom is 0.166 e. The molecule has 74 valence electrons. The van der Waals surface area contributed by atoms with Crippen LogP contribution in [0.15, 0.2) is 0 Å². The van der Waals surface area contributed by atoms with E-state index >= 15 is 0 Å². The van der Waals surface area contributed by atoms with Crippen LogP contribution >= 0.6 is 0 Å². The Morgan fingerprint density at radius 3 is 2.15 bits per heavy atom. The van der Waals surface area contributed by atoms with Gasteiger partial charge in [0.1, 0.15) is 0 Å². The van der Waals surface area contributed by atoms with Crippen LogP contribution in [0.4, 0.5) is 0 Å². The molecule has 0 bridgehead atoms. The predicted molar refractivity (Wildman–Crippen MR) is 50.8 cm³/mol. The second-order valence-corrected chi connectivity index (χ2v) is 6.39. The Morgan fingerprint density at radius 1 is 1.38 bits per heavy atom. The van der Waals surface area contributed by atoms with Gasteiger partial charge in [-0.2, -0.15) is 5.26 Å². The van der Waals surface area contributed by atoms with Crippen molar-refractivity contribution in [1.29, 1.82) is 5.26 Å². The molecular weight excluding hydrogens is 186 g/mol. The maximum atomic E-state index is 11.4. The van der Waals surface area contributed by atoms with Gasteiger partial charge in [0.25, 0.3) is 0 Å². The Labute approximate surface area is 79.7 Å². The van der Waals surface area contributed by atoms with Crippen molar-refractivity contribution < 1.29 is 8.42 Å². The Morgan fingerprint density at radius 2 is 1.85 bits per heavy atom. The smallest absolute Gasteiger partial charge is 0.166 e. The Bertz CT molecular complexity index is 318. The summed E-state index contributed by atoms with van der Waals surface area (Å²) in [4.78, 5) is 0. The molecule has 0 aromatic carbocycles. The van der Waals surface area contributed by atoms with Crippen molar-refractivity contribution in [2.24, 2.45) is 5.92 Å². The molecule has 1 aliphatic carbocycles. The summed E-state index contributed by atoms with van der Waals surface area (Å²) in [5.74, 6) is 0.559. The van der Waals surface area contributed by atoms with Gasteiger partial charge in [-0.05, 0) is 31.6 Å². The van der Waals surface area contributed by atoms with Crippen LogP contribution in [0.2, 0.25) is 0 Å². The van der Waals surface area contributed by atoms with E-state index in [9.17, 15) is 8.42 Å². The maximum absolute atomic E-state index is 11.4. The van der Waals surface area contributed by atoms with Crippen molar-refractivity contribution in [2.75, 3.05) is 6.26 Å². The van der Waals surface area contributed by atoms with Gasteiger partial charge in [-0.15, -0.1) is 0 Å². The van der Waals surface area contributed by atoms with E-state index in [1.807, 2.05) is 6.07 Å². The van der Waals surface area contributed by atoms with Crippen LogP contribution in [0, 0.1) is 17.2 Å². The zero-order chi connectivity index (χ0) is 10.1. The van der Waals surface area contributed by atoms with E-state index in [2.05, 4.69) is 6.92 Å². The molecule has 3 nitrogen and oxygen atoms in total. The molecule has 4 heteroatoms. The molecule has 0 N–H and O–H groups in total. The first-order valence-electron chi connectivity index (χ1n) is 4.52. The van der Waals surface area contributed by atoms with Crippen LogP contribution in [-0.4, -0.2) is 19.4 Å². The molecule has 0 aromatic heterocycles. The molecular formula is C9H15NO2S. The summed E-state index contributed by atoms with van der Waals surface area (Å²) in [6.45, 7) is 2.10. The van der Waals surface area contributed by atoms with E-state index in [-0.39, 0.29) is 0 Å². The van der Waals surface area contributed by atoms with Crippen molar-refractivity contribution in [3.05, 3.63) is 0 Å². The van der Waals surface area contributed by atoms with Gasteiger partial charge in [0.05, 0.1) is 6.07 Å². The number of nitriles is 1. The van der Waals surface area contributed by atoms with Crippen LogP contribution < -0.4 is 0 Å². The first kappa shape index (κ1) is 10.5. The van der Waals surface area contributed by atoms with E-state index in [0.29, 0.717) is 18.8 Å². The van der Waals surface area contributed by atoms with Crippen molar-refractivity contribution >= 4 is 9.84 Å². The van der Waals surface area contributed by atoms with Gasteiger partial charge in [-0.1, -0.05) is 6.92 Å². The van der Waals surface area contributed by atoms with Crippen molar-refractivity contribution in [1.82, 2.24) is 0 Å². The zero-order valence-electron chi connectivity index (χ0n) is 8.08. The SMILES string of the molecule is CC1CCC(C#N)(S(C)(=O)=O)CC1. The van der Waals surface area contributed by atoms with Crippen LogP contribution in [0.5, 0.6) is 0 Å². The van der Waals surface area contributed by atoms with Crippen molar-refractivity contribution in [2.45, 2.75) is 37.4 Å². The molecule has 0 atom stereocenters. The fourth-order valence-electron chi connectivity index (χ4n) is 1.79. The fraction of sp³-hybridized carbons (Fsp3) is 0.889. The highest BCUT2D eigenvalue weighted by Crippen LogP contribution is 2.36. The topological polar surface area (TPSA) is 57.9 Å². The number of hydrogen-bond donors (Lipinski definition) is 0. The summed E-state index contributed by atoms with van der Waals surface area (Å²) in [6.07, 6.45) is 3.88. The van der Waals surface area contributed by atoms with Gasteiger partial charge >= 0.3 is 0 Å². The monoisotopic (exact) mass is 201 g/mol. The van der Waals surface area contributed by atoms with E-state index in [0.717, 1.165) is 12.8 Å². The lowest BCUT2D eigenvalue weighted by Gasteiger charge is -2.31. The number of rotatable bonds is 1. The zero-order valence-corrected chi connectivity index (χ0v) is 8.89. The lowest BCUT2D eigenvalue weighted by molar-refractivity contribution is 0.346. The number of nitrogens with zero attached hydrogens (tertiary/aromatic N) is 1. The molecule has 1 saturated carbocycles. The van der Waals surface area contributed by atoms with Gasteiger partial charge in [0.15, 0.2) is 14.6 Å². The molecule has 0 unspecified atom stereocenters. The van der Waals surface area contributed by atoms with Gasteiger partial charge in [0, 0.05) is 6.26 Å². The van der Waals surface area contributed by atoms with Crippen molar-refractivity contribution in [3.63, 3.8) is 0 Å². The second kappa shape index (κ2) is 3.30. The van der Waals surface area contributed by atoms with Gasteiger partial charge in [0.2, 0.25) is 0 Å². The van der Waals surface area contributed by atoms with Crippen LogP contribution in [0.1, 0.15) is 32.6 Å². The first-order valence-corrected chi connectivity index (χ1v) is 6.41. The molecule has 1 rings (SSSR count). The van der Waals surface area contributed by atoms with Crippen LogP contribution in [0.25, 0.3) is 0 Å². The summed E-state index contributed by atoms with van der Waals surface area (Å²) in [7, 11) is -3.22. The Hall–Kier alpha value is -0.560. The minimum Gasteiger partial charge on any atom is -0.227 e. The minimum absolute atomic E-state index is 0.503. The normalized spacial score (nSPS) is 35.3. The molecule has 0 heterocycles. The van der Waals surface area contributed by atoms with Gasteiger partial charge in [-0.25, -0.2) is 8.42 Å². The summed E-state index contributed by atoms with van der Waals surface area (Å²) in [5.41, 5.74) is 0. The third-order valence-electron chi connectivity index (χ3n) is 3.00. The molecule has 0 aliphatic heterocycles. The highest BCUT2D eigenvalue weighted by Gasteiger charge is 2.43. The first-order chi connectivity index (χ1) is 5.91. The number of hydrogen-bond acceptors (Lipinski definition) is 3. The summed E-state index contributed by atoms with van der Waals surface area (Å²) < 4.78 is 21.8. The fourth-order valence-corrected chi connectivity index (χ4v) is 2.94. The van der Waals surface area contributed by atoms with E-state index in [1.54, 1.807) is 0 Å². The molecule has 0 amide bonds. The van der Waals surface area contributed by atoms with Crippen LogP contribution in [0.3, 0.4) is 0 Å². The largest absolute Gasteiger partial charge is 0.227 e. The molecule has 0 spiro atoms. The molecule has 0 radical (unpaired) electrons. The molecule has 1 fully saturated rings. The molecule has 0 saturated heterocycles. The van der Waals surface area contributed by atoms with E-state index < -0.39 is 14.6 Å². The van der Waals surface area contributed by atoms with Crippen LogP contribution in [-0.2, 0) is 9.84 Å². The van der Waals surface area contributed by atoms with E-state index in [1.165, 1.54) is 6.26 Å². The van der Waals surface area contributed by atoms with E-state index in [4.69, 9.17) is 5.26 Å². The van der Waals surface area contributed by atoms with Gasteiger partial charge in [-0.3, -0.25) is 0 Å². The van der Waals surface area contributed by atoms with Gasteiger partial charge < -0.3 is 0 Å². The minimum atomic E-state index is -3.22. The predicted octanol–water partition coefficient (Wildman–Crippen LogP) is 1.50. The number of sulfone groups is 1. The standard InChI is InChI=1S/C9H15NO2S/c1-8-3-5-9(7-10,6-4-8)13(2,11)12/h8H,3-6H2,1-2H3. The quantitative estimate of drug-likeness (QED) is 0.646. The van der Waals surface area contributed by atoms with Crippen molar-refractivity contribution in [3.8, 4) is 6.07 Å². The Balaban J connectivity index is 2.93. The highest BCUT2D eigenvalue weighted by atomic mass is 32.2. The highest BCUT2D eigenvalue weighted by molar-refractivity contribution is 7.92. The third-order valence-corrected chi connectivity index (χ3v) is 4.91. The average Bonchev–Trinajstić information content (AvgIpc) is 2.04. The second-order valence-electron chi connectivity index (χ2n) is 4.06. The lowest BCUT2D eigenvalue weighted by atomic mass is 9.83. The Kier molecular flexibility index (Phi) is 2.67. The molecule has 0 aromatic rings. The average molecular weight is 201 g/mol. The third kappa shape index (κ3) is 1.86. The molecule has 1 aliphatic rings. The lowest BCUT2D eigenvalue weighted by Crippen LogP contribution is -2.39.